The first-order chi connectivity index (χ1) is 9.47. The van der Waals surface area contributed by atoms with Crippen molar-refractivity contribution in [2.45, 2.75) is 41.0 Å². The number of carbonyl (C=O) groups is 2. The van der Waals surface area contributed by atoms with Gasteiger partial charge in [0.15, 0.2) is 0 Å². The monoisotopic (exact) mass is 276 g/mol. The number of hydrogen-bond acceptors (Lipinski definition) is 3. The van der Waals surface area contributed by atoms with Crippen molar-refractivity contribution in [1.29, 1.82) is 0 Å². The molecule has 1 amide bonds. The Labute approximate surface area is 121 Å². The lowest BCUT2D eigenvalue weighted by Gasteiger charge is -2.10. The van der Waals surface area contributed by atoms with Crippen LogP contribution in [0.5, 0.6) is 0 Å². The predicted molar refractivity (Wildman–Crippen MR) is 82.5 cm³/mol. The summed E-state index contributed by atoms with van der Waals surface area (Å²) in [5.74, 6) is -0.912. The number of benzene rings is 1. The normalized spacial score (nSPS) is 12.7. The average molecular weight is 276 g/mol. The molecule has 1 aromatic carbocycles. The Morgan fingerprint density at radius 2 is 1.70 bits per heavy atom. The molecular formula is C16H24N2O2. The Bertz CT molecular complexity index is 520. The van der Waals surface area contributed by atoms with Crippen LogP contribution in [0.1, 0.15) is 47.8 Å². The zero-order valence-electron chi connectivity index (χ0n) is 13.0. The van der Waals surface area contributed by atoms with Gasteiger partial charge in [-0.1, -0.05) is 26.8 Å². The van der Waals surface area contributed by atoms with Crippen LogP contribution in [-0.4, -0.2) is 24.8 Å². The molecule has 0 saturated heterocycles. The molecule has 0 fully saturated rings. The molecule has 1 aromatic rings. The van der Waals surface area contributed by atoms with E-state index < -0.39 is 11.7 Å². The number of nitrogens with one attached hydrogen (secondary N) is 2. The smallest absolute Gasteiger partial charge is 0.296 e. The molecular weight excluding hydrogens is 252 g/mol. The van der Waals surface area contributed by atoms with Crippen molar-refractivity contribution in [2.24, 2.45) is 0 Å². The summed E-state index contributed by atoms with van der Waals surface area (Å²) in [7, 11) is 0. The summed E-state index contributed by atoms with van der Waals surface area (Å²) < 4.78 is 0. The van der Waals surface area contributed by atoms with Gasteiger partial charge < -0.3 is 10.6 Å². The summed E-state index contributed by atoms with van der Waals surface area (Å²) >= 11 is 0. The van der Waals surface area contributed by atoms with E-state index >= 15 is 0 Å². The maximum atomic E-state index is 11.6. The van der Waals surface area contributed by atoms with E-state index in [2.05, 4.69) is 24.5 Å². The first-order valence-corrected chi connectivity index (χ1v) is 7.17. The van der Waals surface area contributed by atoms with Crippen molar-refractivity contribution in [3.05, 3.63) is 28.3 Å². The molecule has 0 aromatic heterocycles. The van der Waals surface area contributed by atoms with Crippen LogP contribution < -0.4 is 10.6 Å². The van der Waals surface area contributed by atoms with Crippen molar-refractivity contribution in [3.8, 4) is 0 Å². The Morgan fingerprint density at radius 3 is 2.15 bits per heavy atom. The molecule has 0 aliphatic carbocycles. The highest BCUT2D eigenvalue weighted by Crippen LogP contribution is 2.32. The molecule has 1 aliphatic rings. The molecule has 0 unspecified atom stereocenters. The summed E-state index contributed by atoms with van der Waals surface area (Å²) in [6.45, 7) is 12.2. The van der Waals surface area contributed by atoms with Gasteiger partial charge in [-0.15, -0.1) is 0 Å². The summed E-state index contributed by atoms with van der Waals surface area (Å²) in [5, 5.41) is 5.73. The third kappa shape index (κ3) is 3.25. The molecule has 0 spiro atoms. The Hall–Kier alpha value is -1.68. The van der Waals surface area contributed by atoms with Gasteiger partial charge in [0.1, 0.15) is 0 Å². The number of hydrogen-bond donors (Lipinski definition) is 2. The van der Waals surface area contributed by atoms with Crippen molar-refractivity contribution < 1.29 is 9.59 Å². The zero-order valence-corrected chi connectivity index (χ0v) is 13.0. The third-order valence-corrected chi connectivity index (χ3v) is 3.44. The molecule has 20 heavy (non-hydrogen) atoms. The maximum absolute atomic E-state index is 11.6. The van der Waals surface area contributed by atoms with Gasteiger partial charge in [0.05, 0.1) is 11.3 Å². The van der Waals surface area contributed by atoms with E-state index in [1.54, 1.807) is 0 Å². The van der Waals surface area contributed by atoms with Gasteiger partial charge in [-0.25, -0.2) is 0 Å². The minimum absolute atomic E-state index is 0.402. The third-order valence-electron chi connectivity index (χ3n) is 3.44. The van der Waals surface area contributed by atoms with Crippen molar-refractivity contribution in [1.82, 2.24) is 5.32 Å². The second kappa shape index (κ2) is 7.20. The van der Waals surface area contributed by atoms with Crippen molar-refractivity contribution in [3.63, 3.8) is 0 Å². The highest BCUT2D eigenvalue weighted by Gasteiger charge is 2.31. The van der Waals surface area contributed by atoms with E-state index in [9.17, 15) is 9.59 Å². The van der Waals surface area contributed by atoms with Gasteiger partial charge >= 0.3 is 0 Å². The largest absolute Gasteiger partial charge is 0.318 e. The summed E-state index contributed by atoms with van der Waals surface area (Å²) in [5.41, 5.74) is 4.29. The zero-order chi connectivity index (χ0) is 15.3. The number of carbonyl (C=O) groups excluding carboxylic acids is 2. The van der Waals surface area contributed by atoms with Crippen LogP contribution in [0.4, 0.5) is 5.69 Å². The molecule has 4 nitrogen and oxygen atoms in total. The van der Waals surface area contributed by atoms with Gasteiger partial charge in [-0.3, -0.25) is 9.59 Å². The molecule has 0 atom stereocenters. The number of fused-ring (bicyclic) bond motifs is 1. The van der Waals surface area contributed by atoms with Crippen LogP contribution in [0, 0.1) is 13.8 Å². The second-order valence-electron chi connectivity index (χ2n) is 4.82. The lowest BCUT2D eigenvalue weighted by molar-refractivity contribution is -0.112. The van der Waals surface area contributed by atoms with E-state index in [0.29, 0.717) is 11.3 Å². The lowest BCUT2D eigenvalue weighted by Crippen LogP contribution is -2.13. The molecule has 0 bridgehead atoms. The molecule has 0 saturated carbocycles. The summed E-state index contributed by atoms with van der Waals surface area (Å²) in [6.07, 6.45) is 0.876. The molecule has 4 heteroatoms. The maximum Gasteiger partial charge on any atom is 0.296 e. The molecule has 2 rings (SSSR count). The van der Waals surface area contributed by atoms with E-state index in [4.69, 9.17) is 0 Å². The molecule has 0 radical (unpaired) electrons. The topological polar surface area (TPSA) is 58.2 Å². The number of aryl methyl sites for hydroxylation is 2. The van der Waals surface area contributed by atoms with Crippen LogP contribution in [-0.2, 0) is 11.2 Å². The van der Waals surface area contributed by atoms with Crippen LogP contribution in [0.2, 0.25) is 0 Å². The Balaban J connectivity index is 0.000000347. The van der Waals surface area contributed by atoms with Crippen LogP contribution in [0.15, 0.2) is 6.07 Å². The molecule has 2 N–H and O–H groups in total. The van der Waals surface area contributed by atoms with E-state index in [1.807, 2.05) is 26.8 Å². The first-order valence-electron chi connectivity index (χ1n) is 7.17. The fraction of sp³-hybridized carbons (Fsp3) is 0.500. The van der Waals surface area contributed by atoms with E-state index in [0.717, 1.165) is 36.2 Å². The molecule has 1 heterocycles. The summed E-state index contributed by atoms with van der Waals surface area (Å²) in [6, 6.07) is 2.03. The number of amides is 1. The van der Waals surface area contributed by atoms with Crippen LogP contribution in [0.3, 0.4) is 0 Å². The Kier molecular flexibility index (Phi) is 5.89. The fourth-order valence-electron chi connectivity index (χ4n) is 2.33. The number of Topliss-reactive ketones (excluding diaryl/α,β-unsaturated/α-hetero) is 1. The number of ketones is 1. The molecule has 1 aliphatic heterocycles. The average Bonchev–Trinajstić information content (AvgIpc) is 2.73. The predicted octanol–water partition coefficient (Wildman–Crippen LogP) is 2.62. The summed E-state index contributed by atoms with van der Waals surface area (Å²) in [4.78, 5) is 22.9. The van der Waals surface area contributed by atoms with Crippen LogP contribution >= 0.6 is 0 Å². The van der Waals surface area contributed by atoms with Gasteiger partial charge in [0.25, 0.3) is 11.7 Å². The minimum Gasteiger partial charge on any atom is -0.318 e. The van der Waals surface area contributed by atoms with Gasteiger partial charge in [-0.05, 0) is 50.0 Å². The number of anilines is 1. The highest BCUT2D eigenvalue weighted by atomic mass is 16.2. The van der Waals surface area contributed by atoms with Gasteiger partial charge in [0.2, 0.25) is 0 Å². The van der Waals surface area contributed by atoms with E-state index in [-0.39, 0.29) is 0 Å². The minimum atomic E-state index is -0.510. The van der Waals surface area contributed by atoms with Gasteiger partial charge in [0, 0.05) is 0 Å². The quantitative estimate of drug-likeness (QED) is 0.834. The van der Waals surface area contributed by atoms with E-state index in [1.165, 1.54) is 0 Å². The Morgan fingerprint density at radius 1 is 1.10 bits per heavy atom. The van der Waals surface area contributed by atoms with Crippen molar-refractivity contribution >= 4 is 17.4 Å². The SMILES string of the molecule is CCNCC.CCc1cc(C)c2c(c1C)C(=O)C(=O)N2. The second-order valence-corrected chi connectivity index (χ2v) is 4.82. The van der Waals surface area contributed by atoms with Crippen molar-refractivity contribution in [2.75, 3.05) is 18.4 Å². The fourth-order valence-corrected chi connectivity index (χ4v) is 2.33. The standard InChI is InChI=1S/C12H13NO2.C4H11N/c1-4-8-5-6(2)10-9(7(8)3)11(14)12(15)13-10;1-3-5-4-2/h5H,4H2,1-3H3,(H,13,14,15);5H,3-4H2,1-2H3. The van der Waals surface area contributed by atoms with Gasteiger partial charge in [-0.2, -0.15) is 0 Å². The highest BCUT2D eigenvalue weighted by molar-refractivity contribution is 6.52. The lowest BCUT2D eigenvalue weighted by atomic mass is 9.95. The van der Waals surface area contributed by atoms with Crippen LogP contribution in [0.25, 0.3) is 0 Å². The molecule has 110 valence electrons. The number of rotatable bonds is 3. The first kappa shape index (κ1) is 16.4.